The van der Waals surface area contributed by atoms with Crippen LogP contribution in [0.4, 0.5) is 0 Å². The number of hydrogen-bond donors (Lipinski definition) is 1. The lowest BCUT2D eigenvalue weighted by atomic mass is 10.3. The first-order chi connectivity index (χ1) is 4.31. The lowest BCUT2D eigenvalue weighted by Gasteiger charge is -1.98. The molecule has 10 heavy (non-hydrogen) atoms. The molecule has 0 fully saturated rings. The van der Waals surface area contributed by atoms with E-state index in [4.69, 9.17) is 5.73 Å². The molecule has 2 N–H and O–H groups in total. The van der Waals surface area contributed by atoms with Crippen LogP contribution in [0, 0.1) is 0 Å². The molecule has 0 heterocycles. The Kier molecular flexibility index (Phi) is 10.8. The fraction of sp³-hybridized carbons (Fsp3) is 0.833. The Morgan fingerprint density at radius 3 is 2.60 bits per heavy atom. The minimum atomic E-state index is -0.150. The van der Waals surface area contributed by atoms with Crippen molar-refractivity contribution in [2.75, 3.05) is 13.2 Å². The first-order valence-electron chi connectivity index (χ1n) is 3.17. The summed E-state index contributed by atoms with van der Waals surface area (Å²) >= 11 is 0. The molecule has 0 amide bonds. The van der Waals surface area contributed by atoms with Crippen LogP contribution in [0.15, 0.2) is 0 Å². The highest BCUT2D eigenvalue weighted by atomic mass is 35.5. The minimum absolute atomic E-state index is 0. The molecule has 0 aliphatic carbocycles. The number of esters is 1. The third kappa shape index (κ3) is 7.72. The maximum Gasteiger partial charge on any atom is 0.305 e. The van der Waals surface area contributed by atoms with Crippen molar-refractivity contribution < 1.29 is 9.53 Å². The molecule has 0 aliphatic heterocycles. The zero-order valence-corrected chi connectivity index (χ0v) is 6.95. The second-order valence-corrected chi connectivity index (χ2v) is 1.70. The fourth-order valence-corrected chi connectivity index (χ4v) is 0.480. The van der Waals surface area contributed by atoms with Gasteiger partial charge in [-0.1, -0.05) is 0 Å². The van der Waals surface area contributed by atoms with E-state index in [-0.39, 0.29) is 18.4 Å². The van der Waals surface area contributed by atoms with Crippen LogP contribution >= 0.6 is 12.4 Å². The number of rotatable bonds is 4. The van der Waals surface area contributed by atoms with Crippen LogP contribution in [-0.2, 0) is 9.53 Å². The average Bonchev–Trinajstić information content (AvgIpc) is 1.85. The summed E-state index contributed by atoms with van der Waals surface area (Å²) in [6, 6.07) is 0. The van der Waals surface area contributed by atoms with Gasteiger partial charge in [-0.15, -0.1) is 12.4 Å². The van der Waals surface area contributed by atoms with Crippen molar-refractivity contribution in [3.63, 3.8) is 0 Å². The van der Waals surface area contributed by atoms with Crippen LogP contribution in [0.25, 0.3) is 0 Å². The highest BCUT2D eigenvalue weighted by Gasteiger charge is 1.97. The summed E-state index contributed by atoms with van der Waals surface area (Å²) < 4.78 is 4.65. The van der Waals surface area contributed by atoms with Gasteiger partial charge in [0.25, 0.3) is 0 Å². The Morgan fingerprint density at radius 2 is 2.20 bits per heavy atom. The molecule has 0 spiro atoms. The first kappa shape index (κ1) is 12.4. The number of carbonyl (C=O) groups excluding carboxylic acids is 1. The van der Waals surface area contributed by atoms with Crippen molar-refractivity contribution in [1.29, 1.82) is 0 Å². The molecule has 0 aromatic carbocycles. The Labute approximate surface area is 67.3 Å². The van der Waals surface area contributed by atoms with Gasteiger partial charge in [0.1, 0.15) is 0 Å². The van der Waals surface area contributed by atoms with Crippen LogP contribution in [0.3, 0.4) is 0 Å². The lowest BCUT2D eigenvalue weighted by Crippen LogP contribution is -2.07. The molecule has 0 saturated carbocycles. The summed E-state index contributed by atoms with van der Waals surface area (Å²) in [5, 5.41) is 0. The van der Waals surface area contributed by atoms with E-state index in [9.17, 15) is 4.79 Å². The van der Waals surface area contributed by atoms with Crippen molar-refractivity contribution in [2.45, 2.75) is 19.8 Å². The summed E-state index contributed by atoms with van der Waals surface area (Å²) in [6.45, 7) is 2.81. The number of ether oxygens (including phenoxy) is 1. The highest BCUT2D eigenvalue weighted by molar-refractivity contribution is 5.85. The molecule has 0 unspecified atom stereocenters. The van der Waals surface area contributed by atoms with Gasteiger partial charge in [-0.2, -0.15) is 0 Å². The Morgan fingerprint density at radius 1 is 1.60 bits per heavy atom. The zero-order valence-electron chi connectivity index (χ0n) is 6.13. The van der Waals surface area contributed by atoms with E-state index in [1.54, 1.807) is 6.92 Å². The van der Waals surface area contributed by atoms with E-state index in [0.29, 0.717) is 19.6 Å². The van der Waals surface area contributed by atoms with Crippen LogP contribution in [0.1, 0.15) is 19.8 Å². The number of halogens is 1. The van der Waals surface area contributed by atoms with Crippen molar-refractivity contribution in [2.24, 2.45) is 5.73 Å². The van der Waals surface area contributed by atoms with E-state index >= 15 is 0 Å². The molecule has 0 aromatic heterocycles. The molecule has 0 radical (unpaired) electrons. The van der Waals surface area contributed by atoms with E-state index in [1.807, 2.05) is 0 Å². The molecule has 0 rings (SSSR count). The van der Waals surface area contributed by atoms with Crippen molar-refractivity contribution >= 4 is 18.4 Å². The SMILES string of the molecule is CCOC(=O)CCCN.Cl. The Bertz CT molecular complexity index is 87.8. The van der Waals surface area contributed by atoms with Gasteiger partial charge in [-0.25, -0.2) is 0 Å². The second-order valence-electron chi connectivity index (χ2n) is 1.70. The summed E-state index contributed by atoms with van der Waals surface area (Å²) in [5.41, 5.74) is 5.17. The smallest absolute Gasteiger partial charge is 0.305 e. The Balaban J connectivity index is 0. The molecule has 4 heteroatoms. The van der Waals surface area contributed by atoms with E-state index in [2.05, 4.69) is 4.74 Å². The highest BCUT2D eigenvalue weighted by Crippen LogP contribution is 1.89. The molecular formula is C6H14ClNO2. The van der Waals surface area contributed by atoms with E-state index < -0.39 is 0 Å². The lowest BCUT2D eigenvalue weighted by molar-refractivity contribution is -0.143. The molecule has 0 bridgehead atoms. The molecule has 62 valence electrons. The third-order valence-electron chi connectivity index (χ3n) is 0.890. The van der Waals surface area contributed by atoms with Crippen LogP contribution in [-0.4, -0.2) is 19.1 Å². The number of carbonyl (C=O) groups is 1. The molecule has 0 saturated heterocycles. The molecule has 0 aliphatic rings. The van der Waals surface area contributed by atoms with E-state index in [0.717, 1.165) is 6.42 Å². The van der Waals surface area contributed by atoms with Gasteiger partial charge in [-0.3, -0.25) is 4.79 Å². The molecule has 0 aromatic rings. The van der Waals surface area contributed by atoms with Gasteiger partial charge < -0.3 is 10.5 Å². The molecule has 3 nitrogen and oxygen atoms in total. The van der Waals surface area contributed by atoms with Gasteiger partial charge in [-0.05, 0) is 19.9 Å². The fourth-order valence-electron chi connectivity index (χ4n) is 0.480. The Hall–Kier alpha value is -0.280. The first-order valence-corrected chi connectivity index (χ1v) is 3.17. The van der Waals surface area contributed by atoms with Crippen molar-refractivity contribution in [3.8, 4) is 0 Å². The third-order valence-corrected chi connectivity index (χ3v) is 0.890. The summed E-state index contributed by atoms with van der Waals surface area (Å²) in [4.78, 5) is 10.5. The topological polar surface area (TPSA) is 52.3 Å². The van der Waals surface area contributed by atoms with Gasteiger partial charge in [0.15, 0.2) is 0 Å². The molecule has 0 atom stereocenters. The summed E-state index contributed by atoms with van der Waals surface area (Å²) in [5.74, 6) is -0.150. The number of hydrogen-bond acceptors (Lipinski definition) is 3. The zero-order chi connectivity index (χ0) is 7.11. The van der Waals surface area contributed by atoms with Crippen LogP contribution < -0.4 is 5.73 Å². The van der Waals surface area contributed by atoms with Crippen LogP contribution in [0.5, 0.6) is 0 Å². The maximum atomic E-state index is 10.5. The molecular weight excluding hydrogens is 154 g/mol. The van der Waals surface area contributed by atoms with Gasteiger partial charge in [0.2, 0.25) is 0 Å². The number of nitrogens with two attached hydrogens (primary N) is 1. The largest absolute Gasteiger partial charge is 0.466 e. The average molecular weight is 168 g/mol. The predicted molar refractivity (Wildman–Crippen MR) is 42.2 cm³/mol. The normalized spacial score (nSPS) is 8.20. The quantitative estimate of drug-likeness (QED) is 0.628. The van der Waals surface area contributed by atoms with Crippen LogP contribution in [0.2, 0.25) is 0 Å². The van der Waals surface area contributed by atoms with Gasteiger partial charge >= 0.3 is 5.97 Å². The van der Waals surface area contributed by atoms with Gasteiger partial charge in [0.05, 0.1) is 6.61 Å². The standard InChI is InChI=1S/C6H13NO2.ClH/c1-2-9-6(8)4-3-5-7;/h2-5,7H2,1H3;1H. The maximum absolute atomic E-state index is 10.5. The van der Waals surface area contributed by atoms with Gasteiger partial charge in [0, 0.05) is 6.42 Å². The summed E-state index contributed by atoms with van der Waals surface area (Å²) in [7, 11) is 0. The van der Waals surface area contributed by atoms with E-state index in [1.165, 1.54) is 0 Å². The minimum Gasteiger partial charge on any atom is -0.466 e. The van der Waals surface area contributed by atoms with Crippen molar-refractivity contribution in [1.82, 2.24) is 0 Å². The monoisotopic (exact) mass is 167 g/mol. The second kappa shape index (κ2) is 8.72. The van der Waals surface area contributed by atoms with Crippen molar-refractivity contribution in [3.05, 3.63) is 0 Å². The summed E-state index contributed by atoms with van der Waals surface area (Å²) in [6.07, 6.45) is 1.17. The predicted octanol–water partition coefficient (Wildman–Crippen LogP) is 0.710.